The molecule has 1 aromatic heterocycles. The monoisotopic (exact) mass is 414 g/mol. The van der Waals surface area contributed by atoms with Crippen LogP contribution in [0.15, 0.2) is 59.1 Å². The highest BCUT2D eigenvalue weighted by atomic mass is 35.5. The predicted molar refractivity (Wildman–Crippen MR) is 106 cm³/mol. The number of oxazole rings is 1. The molecule has 2 heterocycles. The van der Waals surface area contributed by atoms with Gasteiger partial charge in [0.15, 0.2) is 6.61 Å². The molecule has 2 aromatic carbocycles. The molecule has 0 aliphatic carbocycles. The van der Waals surface area contributed by atoms with Crippen LogP contribution in [0.3, 0.4) is 0 Å². The molecule has 3 aromatic rings. The third-order valence-electron chi connectivity index (χ3n) is 4.86. The van der Waals surface area contributed by atoms with Gasteiger partial charge in [0.2, 0.25) is 5.89 Å². The number of benzene rings is 2. The molecule has 1 aliphatic rings. The van der Waals surface area contributed by atoms with Gasteiger partial charge in [-0.3, -0.25) is 4.79 Å². The Morgan fingerprint density at radius 2 is 2.14 bits per heavy atom. The zero-order chi connectivity index (χ0) is 20.2. The smallest absolute Gasteiger partial charge is 0.261 e. The second kappa shape index (κ2) is 8.66. The number of carbonyl (C=O) groups excluding carboxylic acids is 1. The van der Waals surface area contributed by atoms with Crippen LogP contribution in [0.5, 0.6) is 5.75 Å². The number of likely N-dealkylation sites (tertiary alicyclic amines) is 1. The molecule has 0 radical (unpaired) electrons. The van der Waals surface area contributed by atoms with Crippen molar-refractivity contribution in [2.45, 2.75) is 25.3 Å². The molecular formula is C22H20ClFN2O3. The number of halogens is 2. The number of nitrogens with zero attached hydrogens (tertiary/aromatic N) is 2. The Morgan fingerprint density at radius 1 is 1.28 bits per heavy atom. The van der Waals surface area contributed by atoms with Crippen molar-refractivity contribution in [3.8, 4) is 5.75 Å². The first-order valence-corrected chi connectivity index (χ1v) is 9.83. The van der Waals surface area contributed by atoms with Crippen LogP contribution in [0.2, 0.25) is 5.02 Å². The number of aromatic nitrogens is 1. The van der Waals surface area contributed by atoms with Gasteiger partial charge in [0.1, 0.15) is 23.4 Å². The minimum absolute atomic E-state index is 0.157. The second-order valence-electron chi connectivity index (χ2n) is 6.96. The normalized spacial score (nSPS) is 16.2. The van der Waals surface area contributed by atoms with Gasteiger partial charge in [-0.1, -0.05) is 29.8 Å². The van der Waals surface area contributed by atoms with Gasteiger partial charge in [0.25, 0.3) is 5.91 Å². The Hall–Kier alpha value is -2.86. The maximum absolute atomic E-state index is 13.3. The lowest BCUT2D eigenvalue weighted by molar-refractivity contribution is -0.134. The van der Waals surface area contributed by atoms with E-state index in [-0.39, 0.29) is 18.6 Å². The molecule has 5 nitrogen and oxygen atoms in total. The summed E-state index contributed by atoms with van der Waals surface area (Å²) in [4.78, 5) is 18.8. The van der Waals surface area contributed by atoms with E-state index in [4.69, 9.17) is 20.8 Å². The summed E-state index contributed by atoms with van der Waals surface area (Å²) >= 11 is 6.03. The van der Waals surface area contributed by atoms with Crippen molar-refractivity contribution < 1.29 is 18.3 Å². The molecule has 1 amide bonds. The van der Waals surface area contributed by atoms with Crippen molar-refractivity contribution >= 4 is 17.5 Å². The van der Waals surface area contributed by atoms with Crippen molar-refractivity contribution in [2.75, 3.05) is 13.2 Å². The van der Waals surface area contributed by atoms with E-state index in [0.717, 1.165) is 24.2 Å². The van der Waals surface area contributed by atoms with Gasteiger partial charge in [0, 0.05) is 24.1 Å². The van der Waals surface area contributed by atoms with E-state index in [1.165, 1.54) is 12.1 Å². The van der Waals surface area contributed by atoms with E-state index >= 15 is 0 Å². The van der Waals surface area contributed by atoms with Gasteiger partial charge < -0.3 is 14.1 Å². The first kappa shape index (κ1) is 19.5. The first-order chi connectivity index (χ1) is 14.1. The highest BCUT2D eigenvalue weighted by Gasteiger charge is 2.33. The molecular weight excluding hydrogens is 395 g/mol. The minimum atomic E-state index is -0.402. The summed E-state index contributed by atoms with van der Waals surface area (Å²) < 4.78 is 24.6. The van der Waals surface area contributed by atoms with E-state index < -0.39 is 5.82 Å². The minimum Gasteiger partial charge on any atom is -0.484 e. The number of hydrogen-bond acceptors (Lipinski definition) is 4. The van der Waals surface area contributed by atoms with Crippen LogP contribution < -0.4 is 4.74 Å². The van der Waals surface area contributed by atoms with Gasteiger partial charge >= 0.3 is 0 Å². The molecule has 7 heteroatoms. The topological polar surface area (TPSA) is 55.6 Å². The number of ether oxygens (including phenoxy) is 1. The summed E-state index contributed by atoms with van der Waals surface area (Å²) in [7, 11) is 0. The lowest BCUT2D eigenvalue weighted by Crippen LogP contribution is -2.34. The van der Waals surface area contributed by atoms with Crippen molar-refractivity contribution in [1.82, 2.24) is 9.88 Å². The lowest BCUT2D eigenvalue weighted by atomic mass is 10.1. The predicted octanol–water partition coefficient (Wildman–Crippen LogP) is 4.80. The van der Waals surface area contributed by atoms with Crippen molar-refractivity contribution in [2.24, 2.45) is 0 Å². The molecule has 0 saturated carbocycles. The Balaban J connectivity index is 1.40. The molecule has 29 heavy (non-hydrogen) atoms. The Labute approximate surface area is 173 Å². The standard InChI is InChI=1S/C22H20ClFN2O3/c23-16-5-1-4-15(10-16)11-19-13-25-22(29-19)20-8-3-9-26(20)21(27)14-28-18-7-2-6-17(24)12-18/h1-2,4-7,10,12-13,20H,3,8-9,11,14H2. The fraction of sp³-hybridized carbons (Fsp3) is 0.273. The van der Waals surface area contributed by atoms with Crippen molar-refractivity contribution in [1.29, 1.82) is 0 Å². The maximum atomic E-state index is 13.3. The Bertz CT molecular complexity index is 1010. The van der Waals surface area contributed by atoms with Crippen LogP contribution in [-0.4, -0.2) is 28.9 Å². The summed E-state index contributed by atoms with van der Waals surface area (Å²) in [6.07, 6.45) is 3.92. The summed E-state index contributed by atoms with van der Waals surface area (Å²) in [5.74, 6) is 0.998. The number of hydrogen-bond donors (Lipinski definition) is 0. The molecule has 1 aliphatic heterocycles. The van der Waals surface area contributed by atoms with Crippen LogP contribution >= 0.6 is 11.6 Å². The zero-order valence-electron chi connectivity index (χ0n) is 15.7. The molecule has 0 bridgehead atoms. The van der Waals surface area contributed by atoms with Crippen LogP contribution in [0, 0.1) is 5.82 Å². The second-order valence-corrected chi connectivity index (χ2v) is 7.40. The third kappa shape index (κ3) is 4.77. The summed E-state index contributed by atoms with van der Waals surface area (Å²) in [6.45, 7) is 0.456. The average molecular weight is 415 g/mol. The number of rotatable bonds is 6. The molecule has 1 saturated heterocycles. The average Bonchev–Trinajstić information content (AvgIpc) is 3.35. The van der Waals surface area contributed by atoms with Gasteiger partial charge in [0.05, 0.1) is 6.20 Å². The first-order valence-electron chi connectivity index (χ1n) is 9.45. The van der Waals surface area contributed by atoms with Crippen molar-refractivity contribution in [3.05, 3.63) is 82.8 Å². The van der Waals surface area contributed by atoms with E-state index in [0.29, 0.717) is 29.6 Å². The van der Waals surface area contributed by atoms with Crippen LogP contribution in [0.4, 0.5) is 4.39 Å². The van der Waals surface area contributed by atoms with Gasteiger partial charge in [-0.25, -0.2) is 9.37 Å². The maximum Gasteiger partial charge on any atom is 0.261 e. The summed E-state index contributed by atoms with van der Waals surface area (Å²) in [5, 5.41) is 0.674. The SMILES string of the molecule is O=C(COc1cccc(F)c1)N1CCCC1c1ncc(Cc2cccc(Cl)c2)o1. The molecule has 150 valence electrons. The van der Waals surface area contributed by atoms with Crippen LogP contribution in [-0.2, 0) is 11.2 Å². The van der Waals surface area contributed by atoms with Gasteiger partial charge in [-0.2, -0.15) is 0 Å². The third-order valence-corrected chi connectivity index (χ3v) is 5.09. The van der Waals surface area contributed by atoms with Crippen molar-refractivity contribution in [3.63, 3.8) is 0 Å². The molecule has 1 unspecified atom stereocenters. The molecule has 1 atom stereocenters. The van der Waals surface area contributed by atoms with E-state index in [1.54, 1.807) is 23.2 Å². The van der Waals surface area contributed by atoms with E-state index in [2.05, 4.69) is 4.98 Å². The fourth-order valence-electron chi connectivity index (χ4n) is 3.51. The van der Waals surface area contributed by atoms with Gasteiger partial charge in [-0.15, -0.1) is 0 Å². The molecule has 1 fully saturated rings. The highest BCUT2D eigenvalue weighted by molar-refractivity contribution is 6.30. The van der Waals surface area contributed by atoms with E-state index in [9.17, 15) is 9.18 Å². The summed E-state index contributed by atoms with van der Waals surface area (Å²) in [5.41, 5.74) is 1.03. The van der Waals surface area contributed by atoms with Gasteiger partial charge in [-0.05, 0) is 42.7 Å². The zero-order valence-corrected chi connectivity index (χ0v) is 16.4. The molecule has 4 rings (SSSR count). The lowest BCUT2D eigenvalue weighted by Gasteiger charge is -2.22. The Kier molecular flexibility index (Phi) is 5.81. The fourth-order valence-corrected chi connectivity index (χ4v) is 3.73. The largest absolute Gasteiger partial charge is 0.484 e. The number of amides is 1. The summed E-state index contributed by atoms with van der Waals surface area (Å²) in [6, 6.07) is 13.1. The van der Waals surface area contributed by atoms with Crippen LogP contribution in [0.1, 0.15) is 36.1 Å². The molecule has 0 spiro atoms. The Morgan fingerprint density at radius 3 is 2.97 bits per heavy atom. The van der Waals surface area contributed by atoms with Crippen LogP contribution in [0.25, 0.3) is 0 Å². The quantitative estimate of drug-likeness (QED) is 0.581. The number of carbonyl (C=O) groups is 1. The van der Waals surface area contributed by atoms with E-state index in [1.807, 2.05) is 24.3 Å². The molecule has 0 N–H and O–H groups in total. The highest BCUT2D eigenvalue weighted by Crippen LogP contribution is 2.32.